The Hall–Kier alpha value is -1.66. The van der Waals surface area contributed by atoms with Crippen molar-refractivity contribution in [1.82, 2.24) is 9.88 Å². The normalized spacial score (nSPS) is 18.6. The molecule has 0 atom stereocenters. The SMILES string of the molecule is Cc1sc(C2=C(O)CN(CC3CCCCC3)C2=N)nc1-c1ccc(Br)cc1. The number of aliphatic hydroxyl groups excluding tert-OH is 1. The Kier molecular flexibility index (Phi) is 5.37. The first-order valence-corrected chi connectivity index (χ1v) is 11.1. The molecule has 0 amide bonds. The van der Waals surface area contributed by atoms with Crippen molar-refractivity contribution < 1.29 is 5.11 Å². The lowest BCUT2D eigenvalue weighted by Gasteiger charge is -2.28. The van der Waals surface area contributed by atoms with Gasteiger partial charge in [0.1, 0.15) is 16.6 Å². The van der Waals surface area contributed by atoms with Gasteiger partial charge in [0, 0.05) is 21.5 Å². The number of benzene rings is 1. The van der Waals surface area contributed by atoms with E-state index in [1.165, 1.54) is 32.1 Å². The molecule has 142 valence electrons. The van der Waals surface area contributed by atoms with E-state index in [2.05, 4.69) is 22.9 Å². The minimum Gasteiger partial charge on any atom is -0.510 e. The fraction of sp³-hybridized carbons (Fsp3) is 0.429. The predicted molar refractivity (Wildman–Crippen MR) is 115 cm³/mol. The van der Waals surface area contributed by atoms with Gasteiger partial charge in [-0.25, -0.2) is 4.98 Å². The average molecular weight is 446 g/mol. The molecule has 1 aromatic heterocycles. The second-order valence-electron chi connectivity index (χ2n) is 7.49. The molecule has 1 fully saturated rings. The van der Waals surface area contributed by atoms with Crippen LogP contribution in [0.15, 0.2) is 34.5 Å². The fourth-order valence-electron chi connectivity index (χ4n) is 4.07. The topological polar surface area (TPSA) is 60.2 Å². The third-order valence-corrected chi connectivity index (χ3v) is 7.03. The Bertz CT molecular complexity index is 881. The molecule has 4 nitrogen and oxygen atoms in total. The first-order valence-electron chi connectivity index (χ1n) is 9.52. The van der Waals surface area contributed by atoms with Crippen molar-refractivity contribution in [2.45, 2.75) is 39.0 Å². The number of nitrogens with zero attached hydrogens (tertiary/aromatic N) is 2. The Morgan fingerprint density at radius 2 is 1.93 bits per heavy atom. The van der Waals surface area contributed by atoms with E-state index in [1.807, 2.05) is 29.2 Å². The molecule has 0 radical (unpaired) electrons. The van der Waals surface area contributed by atoms with Crippen LogP contribution < -0.4 is 0 Å². The zero-order valence-electron chi connectivity index (χ0n) is 15.5. The monoisotopic (exact) mass is 445 g/mol. The first-order chi connectivity index (χ1) is 13.0. The second kappa shape index (κ2) is 7.76. The summed E-state index contributed by atoms with van der Waals surface area (Å²) >= 11 is 5.02. The molecule has 2 heterocycles. The fourth-order valence-corrected chi connectivity index (χ4v) is 5.34. The van der Waals surface area contributed by atoms with Crippen LogP contribution in [0.25, 0.3) is 16.8 Å². The summed E-state index contributed by atoms with van der Waals surface area (Å²) < 4.78 is 1.04. The van der Waals surface area contributed by atoms with Crippen LogP contribution in [0.3, 0.4) is 0 Å². The molecule has 0 saturated heterocycles. The molecule has 27 heavy (non-hydrogen) atoms. The van der Waals surface area contributed by atoms with Gasteiger partial charge in [-0.1, -0.05) is 47.3 Å². The Labute approximate surface area is 172 Å². The van der Waals surface area contributed by atoms with Crippen LogP contribution >= 0.6 is 27.3 Å². The Morgan fingerprint density at radius 1 is 1.22 bits per heavy atom. The molecule has 1 aliphatic heterocycles. The average Bonchev–Trinajstić information content (AvgIpc) is 3.16. The largest absolute Gasteiger partial charge is 0.510 e. The standard InChI is InChI=1S/C21H24BrN3OS/c1-13-19(15-7-9-16(22)10-8-15)24-21(27-13)18-17(26)12-25(20(18)23)11-14-5-3-2-4-6-14/h7-10,14,23,26H,2-6,11-12H2,1H3. The summed E-state index contributed by atoms with van der Waals surface area (Å²) in [4.78, 5) is 7.92. The zero-order chi connectivity index (χ0) is 19.0. The summed E-state index contributed by atoms with van der Waals surface area (Å²) in [5, 5.41) is 20.0. The maximum Gasteiger partial charge on any atom is 0.135 e. The van der Waals surface area contributed by atoms with E-state index in [9.17, 15) is 5.11 Å². The van der Waals surface area contributed by atoms with Gasteiger partial charge in [0.15, 0.2) is 0 Å². The Morgan fingerprint density at radius 3 is 2.63 bits per heavy atom. The Balaban J connectivity index is 1.56. The highest BCUT2D eigenvalue weighted by Crippen LogP contribution is 2.36. The summed E-state index contributed by atoms with van der Waals surface area (Å²) in [5.41, 5.74) is 2.60. The van der Waals surface area contributed by atoms with Gasteiger partial charge in [-0.05, 0) is 37.8 Å². The van der Waals surface area contributed by atoms with Crippen LogP contribution in [0.5, 0.6) is 0 Å². The van der Waals surface area contributed by atoms with Crippen LogP contribution in [-0.4, -0.2) is 33.9 Å². The number of hydrogen-bond acceptors (Lipinski definition) is 4. The lowest BCUT2D eigenvalue weighted by molar-refractivity contribution is 0.268. The summed E-state index contributed by atoms with van der Waals surface area (Å²) in [7, 11) is 0. The lowest BCUT2D eigenvalue weighted by Crippen LogP contribution is -2.32. The first kappa shape index (κ1) is 18.7. The summed E-state index contributed by atoms with van der Waals surface area (Å²) in [6.07, 6.45) is 6.40. The predicted octanol–water partition coefficient (Wildman–Crippen LogP) is 6.02. The van der Waals surface area contributed by atoms with Crippen molar-refractivity contribution in [2.24, 2.45) is 5.92 Å². The summed E-state index contributed by atoms with van der Waals surface area (Å²) in [6.45, 7) is 3.36. The molecule has 0 unspecified atom stereocenters. The van der Waals surface area contributed by atoms with Gasteiger partial charge in [0.2, 0.25) is 0 Å². The zero-order valence-corrected chi connectivity index (χ0v) is 17.9. The molecule has 6 heteroatoms. The van der Waals surface area contributed by atoms with E-state index in [1.54, 1.807) is 11.3 Å². The van der Waals surface area contributed by atoms with E-state index < -0.39 is 0 Å². The molecule has 1 saturated carbocycles. The number of nitrogens with one attached hydrogen (secondary N) is 1. The van der Waals surface area contributed by atoms with Gasteiger partial charge in [-0.2, -0.15) is 0 Å². The maximum absolute atomic E-state index is 10.6. The van der Waals surface area contributed by atoms with E-state index in [4.69, 9.17) is 10.4 Å². The van der Waals surface area contributed by atoms with Gasteiger partial charge >= 0.3 is 0 Å². The van der Waals surface area contributed by atoms with Gasteiger partial charge in [0.05, 0.1) is 17.8 Å². The molecule has 0 bridgehead atoms. The van der Waals surface area contributed by atoms with Gasteiger partial charge < -0.3 is 10.0 Å². The summed E-state index contributed by atoms with van der Waals surface area (Å²) in [5.74, 6) is 1.35. The third-order valence-electron chi connectivity index (χ3n) is 5.51. The minimum absolute atomic E-state index is 0.284. The van der Waals surface area contributed by atoms with Crippen molar-refractivity contribution >= 4 is 38.7 Å². The van der Waals surface area contributed by atoms with Gasteiger partial charge in [0.25, 0.3) is 0 Å². The number of aryl methyl sites for hydroxylation is 1. The quantitative estimate of drug-likeness (QED) is 0.604. The highest BCUT2D eigenvalue weighted by molar-refractivity contribution is 9.10. The van der Waals surface area contributed by atoms with Crippen LogP contribution in [0, 0.1) is 18.3 Å². The lowest BCUT2D eigenvalue weighted by atomic mass is 9.89. The van der Waals surface area contributed by atoms with E-state index in [0.29, 0.717) is 23.9 Å². The highest BCUT2D eigenvalue weighted by Gasteiger charge is 2.32. The number of aliphatic hydroxyl groups is 1. The van der Waals surface area contributed by atoms with Crippen LogP contribution in [0.4, 0.5) is 0 Å². The molecular weight excluding hydrogens is 422 g/mol. The van der Waals surface area contributed by atoms with Crippen LogP contribution in [-0.2, 0) is 0 Å². The number of halogens is 1. The van der Waals surface area contributed by atoms with Crippen LogP contribution in [0.2, 0.25) is 0 Å². The molecule has 1 aromatic carbocycles. The molecule has 2 aliphatic rings. The number of rotatable bonds is 4. The van der Waals surface area contributed by atoms with Crippen molar-refractivity contribution in [3.05, 3.63) is 44.4 Å². The highest BCUT2D eigenvalue weighted by atomic mass is 79.9. The number of amidine groups is 1. The molecule has 0 spiro atoms. The number of thiazole rings is 1. The van der Waals surface area contributed by atoms with Crippen molar-refractivity contribution in [1.29, 1.82) is 5.41 Å². The molecule has 4 rings (SSSR count). The minimum atomic E-state index is 0.284. The molecule has 1 aliphatic carbocycles. The van der Waals surface area contributed by atoms with Crippen molar-refractivity contribution in [3.63, 3.8) is 0 Å². The van der Waals surface area contributed by atoms with Gasteiger partial charge in [-0.3, -0.25) is 5.41 Å². The molecule has 2 aromatic rings. The maximum atomic E-state index is 10.6. The molecule has 2 N–H and O–H groups in total. The van der Waals surface area contributed by atoms with Crippen LogP contribution in [0.1, 0.15) is 42.0 Å². The van der Waals surface area contributed by atoms with Gasteiger partial charge in [-0.15, -0.1) is 11.3 Å². The van der Waals surface area contributed by atoms with E-state index >= 15 is 0 Å². The smallest absolute Gasteiger partial charge is 0.135 e. The molecular formula is C21H24BrN3OS. The third kappa shape index (κ3) is 3.83. The van der Waals surface area contributed by atoms with Crippen molar-refractivity contribution in [2.75, 3.05) is 13.1 Å². The number of hydrogen-bond donors (Lipinski definition) is 2. The van der Waals surface area contributed by atoms with Crippen molar-refractivity contribution in [3.8, 4) is 11.3 Å². The van der Waals surface area contributed by atoms with E-state index in [-0.39, 0.29) is 5.76 Å². The van der Waals surface area contributed by atoms with E-state index in [0.717, 1.165) is 32.2 Å². The summed E-state index contributed by atoms with van der Waals surface area (Å²) in [6, 6.07) is 8.10. The second-order valence-corrected chi connectivity index (χ2v) is 9.60. The number of aromatic nitrogens is 1.